The van der Waals surface area contributed by atoms with Crippen LogP contribution in [0, 0.1) is 6.92 Å². The van der Waals surface area contributed by atoms with Crippen LogP contribution < -0.4 is 11.1 Å². The van der Waals surface area contributed by atoms with E-state index >= 15 is 0 Å². The van der Waals surface area contributed by atoms with E-state index in [2.05, 4.69) is 5.32 Å². The van der Waals surface area contributed by atoms with Gasteiger partial charge in [0.1, 0.15) is 11.8 Å². The maximum atomic E-state index is 12.0. The standard InChI is InChI=1S/C15H16N2O2/c1-10-6-5-9-12(14(10)18)17-15(19)13(16)11-7-3-2-4-8-11/h2-9,13,18H,16H2,1H3,(H,17,19)/t13-/m0/s1. The number of phenolic OH excluding ortho intramolecular Hbond substituents is 1. The Morgan fingerprint density at radius 3 is 2.53 bits per heavy atom. The van der Waals surface area contributed by atoms with Gasteiger partial charge in [0.15, 0.2) is 0 Å². The molecule has 2 aromatic rings. The van der Waals surface area contributed by atoms with Crippen molar-refractivity contribution in [2.45, 2.75) is 13.0 Å². The molecule has 1 amide bonds. The lowest BCUT2D eigenvalue weighted by Gasteiger charge is -2.14. The van der Waals surface area contributed by atoms with Crippen molar-refractivity contribution in [3.8, 4) is 5.75 Å². The molecule has 0 aliphatic heterocycles. The van der Waals surface area contributed by atoms with E-state index in [0.717, 1.165) is 5.56 Å². The molecule has 19 heavy (non-hydrogen) atoms. The minimum Gasteiger partial charge on any atom is -0.505 e. The molecule has 2 aromatic carbocycles. The maximum Gasteiger partial charge on any atom is 0.245 e. The Morgan fingerprint density at radius 2 is 1.84 bits per heavy atom. The minimum absolute atomic E-state index is 0.0658. The molecular formula is C15H16N2O2. The van der Waals surface area contributed by atoms with Crippen LogP contribution in [-0.2, 0) is 4.79 Å². The molecule has 0 heterocycles. The highest BCUT2D eigenvalue weighted by atomic mass is 16.3. The van der Waals surface area contributed by atoms with Gasteiger partial charge in [-0.15, -0.1) is 0 Å². The Bertz CT molecular complexity index is 582. The molecule has 0 aliphatic rings. The molecule has 4 nitrogen and oxygen atoms in total. The Kier molecular flexibility index (Phi) is 3.82. The predicted octanol–water partition coefficient (Wildman–Crippen LogP) is 2.34. The number of carbonyl (C=O) groups excluding carboxylic acids is 1. The normalized spacial score (nSPS) is 11.9. The van der Waals surface area contributed by atoms with Crippen molar-refractivity contribution in [3.05, 3.63) is 59.7 Å². The van der Waals surface area contributed by atoms with E-state index in [4.69, 9.17) is 5.73 Å². The molecule has 1 atom stereocenters. The fourth-order valence-corrected chi connectivity index (χ4v) is 1.78. The minimum atomic E-state index is -0.763. The average Bonchev–Trinajstić information content (AvgIpc) is 2.44. The zero-order chi connectivity index (χ0) is 13.8. The lowest BCUT2D eigenvalue weighted by molar-refractivity contribution is -0.117. The van der Waals surface area contributed by atoms with Crippen molar-refractivity contribution in [2.75, 3.05) is 5.32 Å². The first kappa shape index (κ1) is 13.1. The summed E-state index contributed by atoms with van der Waals surface area (Å²) in [6.07, 6.45) is 0. The summed E-state index contributed by atoms with van der Waals surface area (Å²) in [6.45, 7) is 1.77. The molecule has 0 fully saturated rings. The number of amides is 1. The first-order valence-electron chi connectivity index (χ1n) is 5.99. The molecular weight excluding hydrogens is 240 g/mol. The van der Waals surface area contributed by atoms with E-state index in [-0.39, 0.29) is 11.7 Å². The molecule has 0 radical (unpaired) electrons. The summed E-state index contributed by atoms with van der Waals surface area (Å²) in [7, 11) is 0. The number of anilines is 1. The number of para-hydroxylation sites is 1. The number of nitrogens with two attached hydrogens (primary N) is 1. The topological polar surface area (TPSA) is 75.4 Å². The van der Waals surface area contributed by atoms with Gasteiger partial charge in [0.2, 0.25) is 5.91 Å². The van der Waals surface area contributed by atoms with E-state index in [1.165, 1.54) is 0 Å². The van der Waals surface area contributed by atoms with Crippen LogP contribution in [-0.4, -0.2) is 11.0 Å². The SMILES string of the molecule is Cc1cccc(NC(=O)[C@@H](N)c2ccccc2)c1O. The van der Waals surface area contributed by atoms with Crippen molar-refractivity contribution in [1.82, 2.24) is 0 Å². The third kappa shape index (κ3) is 2.92. The van der Waals surface area contributed by atoms with Gasteiger partial charge < -0.3 is 16.2 Å². The molecule has 0 aromatic heterocycles. The maximum absolute atomic E-state index is 12.0. The van der Waals surface area contributed by atoms with E-state index in [1.54, 1.807) is 37.3 Å². The summed E-state index contributed by atoms with van der Waals surface area (Å²) in [5, 5.41) is 12.5. The molecule has 0 unspecified atom stereocenters. The van der Waals surface area contributed by atoms with Crippen molar-refractivity contribution in [2.24, 2.45) is 5.73 Å². The highest BCUT2D eigenvalue weighted by Crippen LogP contribution is 2.27. The summed E-state index contributed by atoms with van der Waals surface area (Å²) in [5.41, 5.74) is 7.68. The highest BCUT2D eigenvalue weighted by Gasteiger charge is 2.17. The average molecular weight is 256 g/mol. The number of carbonyl (C=O) groups is 1. The van der Waals surface area contributed by atoms with Gasteiger partial charge in [-0.2, -0.15) is 0 Å². The molecule has 98 valence electrons. The second-order valence-corrected chi connectivity index (χ2v) is 4.35. The molecule has 0 saturated heterocycles. The van der Waals surface area contributed by atoms with Crippen LogP contribution in [0.5, 0.6) is 5.75 Å². The Labute approximate surface area is 111 Å². The second-order valence-electron chi connectivity index (χ2n) is 4.35. The lowest BCUT2D eigenvalue weighted by Crippen LogP contribution is -2.27. The number of nitrogens with one attached hydrogen (secondary N) is 1. The fourth-order valence-electron chi connectivity index (χ4n) is 1.78. The number of rotatable bonds is 3. The van der Waals surface area contributed by atoms with Crippen LogP contribution in [0.25, 0.3) is 0 Å². The van der Waals surface area contributed by atoms with Gasteiger partial charge in [0, 0.05) is 0 Å². The number of phenols is 1. The van der Waals surface area contributed by atoms with Gasteiger partial charge in [-0.25, -0.2) is 0 Å². The van der Waals surface area contributed by atoms with Crippen molar-refractivity contribution in [3.63, 3.8) is 0 Å². The molecule has 4 N–H and O–H groups in total. The number of aryl methyl sites for hydroxylation is 1. The Balaban J connectivity index is 2.15. The summed E-state index contributed by atoms with van der Waals surface area (Å²) in [5.74, 6) is -0.289. The first-order chi connectivity index (χ1) is 9.09. The van der Waals surface area contributed by atoms with E-state index in [1.807, 2.05) is 18.2 Å². The molecule has 2 rings (SSSR count). The van der Waals surface area contributed by atoms with Gasteiger partial charge in [0.25, 0.3) is 0 Å². The Hall–Kier alpha value is -2.33. The summed E-state index contributed by atoms with van der Waals surface area (Å²) >= 11 is 0. The third-order valence-electron chi connectivity index (χ3n) is 2.94. The smallest absolute Gasteiger partial charge is 0.245 e. The van der Waals surface area contributed by atoms with E-state index < -0.39 is 6.04 Å². The fraction of sp³-hybridized carbons (Fsp3) is 0.133. The highest BCUT2D eigenvalue weighted by molar-refractivity contribution is 5.96. The molecule has 0 bridgehead atoms. The zero-order valence-electron chi connectivity index (χ0n) is 10.6. The second kappa shape index (κ2) is 5.54. The lowest BCUT2D eigenvalue weighted by atomic mass is 10.1. The van der Waals surface area contributed by atoms with Crippen molar-refractivity contribution < 1.29 is 9.90 Å². The first-order valence-corrected chi connectivity index (χ1v) is 5.99. The van der Waals surface area contributed by atoms with Gasteiger partial charge >= 0.3 is 0 Å². The van der Waals surface area contributed by atoms with Crippen LogP contribution in [0.3, 0.4) is 0 Å². The Morgan fingerprint density at radius 1 is 1.16 bits per heavy atom. The van der Waals surface area contributed by atoms with E-state index in [9.17, 15) is 9.90 Å². The van der Waals surface area contributed by atoms with Gasteiger partial charge in [0.05, 0.1) is 5.69 Å². The predicted molar refractivity (Wildman–Crippen MR) is 74.8 cm³/mol. The number of hydrogen-bond donors (Lipinski definition) is 3. The molecule has 0 spiro atoms. The number of hydrogen-bond acceptors (Lipinski definition) is 3. The molecule has 0 saturated carbocycles. The summed E-state index contributed by atoms with van der Waals surface area (Å²) in [4.78, 5) is 12.0. The van der Waals surface area contributed by atoms with Crippen LogP contribution >= 0.6 is 0 Å². The van der Waals surface area contributed by atoms with Gasteiger partial charge in [-0.3, -0.25) is 4.79 Å². The van der Waals surface area contributed by atoms with Crippen molar-refractivity contribution in [1.29, 1.82) is 0 Å². The van der Waals surface area contributed by atoms with Crippen LogP contribution in [0.2, 0.25) is 0 Å². The summed E-state index contributed by atoms with van der Waals surface area (Å²) in [6, 6.07) is 13.5. The van der Waals surface area contributed by atoms with Crippen LogP contribution in [0.15, 0.2) is 48.5 Å². The van der Waals surface area contributed by atoms with Crippen LogP contribution in [0.1, 0.15) is 17.2 Å². The molecule has 4 heteroatoms. The van der Waals surface area contributed by atoms with E-state index in [0.29, 0.717) is 11.3 Å². The number of benzene rings is 2. The zero-order valence-corrected chi connectivity index (χ0v) is 10.6. The third-order valence-corrected chi connectivity index (χ3v) is 2.94. The van der Waals surface area contributed by atoms with Gasteiger partial charge in [-0.1, -0.05) is 42.5 Å². The van der Waals surface area contributed by atoms with Crippen LogP contribution in [0.4, 0.5) is 5.69 Å². The largest absolute Gasteiger partial charge is 0.505 e. The number of aromatic hydroxyl groups is 1. The molecule has 0 aliphatic carbocycles. The quantitative estimate of drug-likeness (QED) is 0.738. The summed E-state index contributed by atoms with van der Waals surface area (Å²) < 4.78 is 0. The van der Waals surface area contributed by atoms with Crippen molar-refractivity contribution >= 4 is 11.6 Å². The monoisotopic (exact) mass is 256 g/mol. The van der Waals surface area contributed by atoms with Gasteiger partial charge in [-0.05, 0) is 24.1 Å².